The van der Waals surface area contributed by atoms with Crippen molar-refractivity contribution in [3.63, 3.8) is 0 Å². The van der Waals surface area contributed by atoms with Crippen LogP contribution in [0.25, 0.3) is 0 Å². The molecule has 0 aromatic heterocycles. The third-order valence-electron chi connectivity index (χ3n) is 3.71. The van der Waals surface area contributed by atoms with E-state index in [9.17, 15) is 4.79 Å². The van der Waals surface area contributed by atoms with Crippen molar-refractivity contribution < 1.29 is 9.53 Å². The number of carbonyl (C=O) groups is 1. The summed E-state index contributed by atoms with van der Waals surface area (Å²) in [5, 5.41) is 11.6. The zero-order valence-electron chi connectivity index (χ0n) is 13.4. The monoisotopic (exact) mass is 308 g/mol. The average Bonchev–Trinajstić information content (AvgIpc) is 2.60. The van der Waals surface area contributed by atoms with E-state index in [4.69, 9.17) is 10.00 Å². The van der Waals surface area contributed by atoms with Crippen molar-refractivity contribution in [1.29, 1.82) is 5.26 Å². The van der Waals surface area contributed by atoms with Crippen molar-refractivity contribution in [3.8, 4) is 11.8 Å². The van der Waals surface area contributed by atoms with Crippen LogP contribution in [0.15, 0.2) is 48.5 Å². The van der Waals surface area contributed by atoms with E-state index in [-0.39, 0.29) is 12.5 Å². The minimum Gasteiger partial charge on any atom is -0.484 e. The molecule has 1 N–H and O–H groups in total. The fraction of sp³-hybridized carbons (Fsp3) is 0.263. The Morgan fingerprint density at radius 2 is 2.00 bits per heavy atom. The van der Waals surface area contributed by atoms with Crippen LogP contribution in [-0.4, -0.2) is 12.5 Å². The van der Waals surface area contributed by atoms with E-state index in [1.54, 1.807) is 24.3 Å². The molecule has 0 saturated carbocycles. The molecule has 4 heteroatoms. The number of ether oxygens (including phenoxy) is 1. The molecular formula is C19H20N2O2. The molecular weight excluding hydrogens is 288 g/mol. The highest BCUT2D eigenvalue weighted by molar-refractivity contribution is 5.92. The van der Waals surface area contributed by atoms with E-state index in [0.717, 1.165) is 6.42 Å². The van der Waals surface area contributed by atoms with Crippen molar-refractivity contribution >= 4 is 11.6 Å². The van der Waals surface area contributed by atoms with Crippen LogP contribution in [0, 0.1) is 11.3 Å². The number of nitrogens with zero attached hydrogens (tertiary/aromatic N) is 1. The minimum absolute atomic E-state index is 0.0700. The Bertz CT molecular complexity index is 702. The third-order valence-corrected chi connectivity index (χ3v) is 3.71. The minimum atomic E-state index is -0.258. The predicted octanol–water partition coefficient (Wildman–Crippen LogP) is 4.09. The fourth-order valence-corrected chi connectivity index (χ4v) is 2.14. The lowest BCUT2D eigenvalue weighted by molar-refractivity contribution is -0.118. The van der Waals surface area contributed by atoms with Crippen LogP contribution in [-0.2, 0) is 4.79 Å². The van der Waals surface area contributed by atoms with Gasteiger partial charge in [-0.1, -0.05) is 32.0 Å². The molecule has 1 amide bonds. The Morgan fingerprint density at radius 1 is 1.26 bits per heavy atom. The number of anilines is 1. The van der Waals surface area contributed by atoms with Gasteiger partial charge in [-0.15, -0.1) is 0 Å². The average molecular weight is 308 g/mol. The lowest BCUT2D eigenvalue weighted by Crippen LogP contribution is -2.20. The van der Waals surface area contributed by atoms with E-state index in [2.05, 4.69) is 19.2 Å². The van der Waals surface area contributed by atoms with E-state index in [1.165, 1.54) is 5.56 Å². The number of rotatable bonds is 6. The first-order chi connectivity index (χ1) is 11.1. The number of benzene rings is 2. The van der Waals surface area contributed by atoms with Gasteiger partial charge in [-0.2, -0.15) is 5.26 Å². The second-order valence-electron chi connectivity index (χ2n) is 5.41. The molecule has 0 radical (unpaired) electrons. The van der Waals surface area contributed by atoms with Gasteiger partial charge in [0.25, 0.3) is 5.91 Å². The predicted molar refractivity (Wildman–Crippen MR) is 90.4 cm³/mol. The van der Waals surface area contributed by atoms with Crippen LogP contribution in [0.2, 0.25) is 0 Å². The molecule has 23 heavy (non-hydrogen) atoms. The topological polar surface area (TPSA) is 62.1 Å². The summed E-state index contributed by atoms with van der Waals surface area (Å²) in [6.45, 7) is 4.26. The number of carbonyl (C=O) groups excluding carboxylic acids is 1. The maximum atomic E-state index is 11.9. The van der Waals surface area contributed by atoms with Gasteiger partial charge in [-0.3, -0.25) is 4.79 Å². The van der Waals surface area contributed by atoms with Gasteiger partial charge in [0, 0.05) is 5.69 Å². The van der Waals surface area contributed by atoms with Gasteiger partial charge in [0.15, 0.2) is 6.61 Å². The van der Waals surface area contributed by atoms with Crippen LogP contribution in [0.3, 0.4) is 0 Å². The van der Waals surface area contributed by atoms with Crippen LogP contribution in [0.4, 0.5) is 5.69 Å². The highest BCUT2D eigenvalue weighted by atomic mass is 16.5. The normalized spacial score (nSPS) is 11.3. The van der Waals surface area contributed by atoms with Crippen molar-refractivity contribution in [2.45, 2.75) is 26.2 Å². The summed E-state index contributed by atoms with van der Waals surface area (Å²) in [5.41, 5.74) is 2.35. The van der Waals surface area contributed by atoms with Crippen LogP contribution in [0.1, 0.15) is 37.3 Å². The number of nitrogens with one attached hydrogen (secondary N) is 1. The number of nitriles is 1. The van der Waals surface area contributed by atoms with Crippen LogP contribution < -0.4 is 10.1 Å². The van der Waals surface area contributed by atoms with Gasteiger partial charge in [0.05, 0.1) is 11.6 Å². The van der Waals surface area contributed by atoms with Gasteiger partial charge < -0.3 is 10.1 Å². The molecule has 1 atom stereocenters. The molecule has 2 aromatic carbocycles. The molecule has 0 saturated heterocycles. The summed E-state index contributed by atoms with van der Waals surface area (Å²) in [6, 6.07) is 16.6. The molecule has 4 nitrogen and oxygen atoms in total. The largest absolute Gasteiger partial charge is 0.484 e. The summed E-state index contributed by atoms with van der Waals surface area (Å²) in [4.78, 5) is 11.9. The molecule has 118 valence electrons. The molecule has 0 aliphatic heterocycles. The third kappa shape index (κ3) is 4.86. The maximum absolute atomic E-state index is 11.9. The second kappa shape index (κ2) is 8.00. The molecule has 0 aliphatic rings. The Labute approximate surface area is 136 Å². The molecule has 2 aromatic rings. The zero-order chi connectivity index (χ0) is 16.7. The highest BCUT2D eigenvalue weighted by Gasteiger charge is 2.06. The van der Waals surface area contributed by atoms with Crippen molar-refractivity contribution in [2.24, 2.45) is 0 Å². The molecule has 0 aliphatic carbocycles. The molecule has 0 unspecified atom stereocenters. The van der Waals surface area contributed by atoms with Gasteiger partial charge in [0.1, 0.15) is 5.75 Å². The van der Waals surface area contributed by atoms with Gasteiger partial charge >= 0.3 is 0 Å². The summed E-state index contributed by atoms with van der Waals surface area (Å²) in [6.07, 6.45) is 1.09. The number of hydrogen-bond donors (Lipinski definition) is 1. The summed E-state index contributed by atoms with van der Waals surface area (Å²) in [7, 11) is 0. The van der Waals surface area contributed by atoms with Crippen molar-refractivity contribution in [2.75, 3.05) is 11.9 Å². The molecule has 2 rings (SSSR count). The Hall–Kier alpha value is -2.80. The summed E-state index contributed by atoms with van der Waals surface area (Å²) >= 11 is 0. The first-order valence-electron chi connectivity index (χ1n) is 7.65. The standard InChI is InChI=1S/C19H20N2O2/c1-3-14(2)16-7-9-18(10-8-16)23-13-19(22)21-17-6-4-5-15(11-17)12-20/h4-11,14H,3,13H2,1-2H3,(H,21,22)/t14-/m1/s1. The quantitative estimate of drug-likeness (QED) is 0.874. The van der Waals surface area contributed by atoms with E-state index < -0.39 is 0 Å². The smallest absolute Gasteiger partial charge is 0.262 e. The first-order valence-corrected chi connectivity index (χ1v) is 7.65. The van der Waals surface area contributed by atoms with E-state index >= 15 is 0 Å². The lowest BCUT2D eigenvalue weighted by Gasteiger charge is -2.11. The lowest BCUT2D eigenvalue weighted by atomic mass is 9.99. The summed E-state index contributed by atoms with van der Waals surface area (Å²) in [5.74, 6) is 0.920. The first kappa shape index (κ1) is 16.6. The fourth-order valence-electron chi connectivity index (χ4n) is 2.14. The summed E-state index contributed by atoms with van der Waals surface area (Å²) < 4.78 is 5.49. The Kier molecular flexibility index (Phi) is 5.76. The number of hydrogen-bond acceptors (Lipinski definition) is 3. The maximum Gasteiger partial charge on any atom is 0.262 e. The highest BCUT2D eigenvalue weighted by Crippen LogP contribution is 2.21. The second-order valence-corrected chi connectivity index (χ2v) is 5.41. The Morgan fingerprint density at radius 3 is 2.65 bits per heavy atom. The van der Waals surface area contributed by atoms with Crippen LogP contribution in [0.5, 0.6) is 5.75 Å². The molecule has 0 bridgehead atoms. The van der Waals surface area contributed by atoms with Crippen molar-refractivity contribution in [3.05, 3.63) is 59.7 Å². The molecule has 0 spiro atoms. The van der Waals surface area contributed by atoms with E-state index in [1.807, 2.05) is 30.3 Å². The van der Waals surface area contributed by atoms with Crippen molar-refractivity contribution in [1.82, 2.24) is 0 Å². The van der Waals surface area contributed by atoms with E-state index in [0.29, 0.717) is 22.9 Å². The van der Waals surface area contributed by atoms with Gasteiger partial charge in [-0.05, 0) is 48.2 Å². The van der Waals surface area contributed by atoms with Gasteiger partial charge in [0.2, 0.25) is 0 Å². The molecule has 0 heterocycles. The molecule has 0 fully saturated rings. The zero-order valence-corrected chi connectivity index (χ0v) is 13.4. The number of amides is 1. The Balaban J connectivity index is 1.88. The SMILES string of the molecule is CC[C@@H](C)c1ccc(OCC(=O)Nc2cccc(C#N)c2)cc1. The van der Waals surface area contributed by atoms with Crippen LogP contribution >= 0.6 is 0 Å². The van der Waals surface area contributed by atoms with Gasteiger partial charge in [-0.25, -0.2) is 0 Å².